The number of nitrogens with one attached hydrogen (secondary N) is 1. The summed E-state index contributed by atoms with van der Waals surface area (Å²) in [5.74, 6) is -1.83. The smallest absolute Gasteiger partial charge is 0.307 e. The summed E-state index contributed by atoms with van der Waals surface area (Å²) in [4.78, 5) is 25.4. The van der Waals surface area contributed by atoms with E-state index in [-0.39, 0.29) is 17.9 Å². The molecule has 0 aromatic rings. The Bertz CT molecular complexity index is 359. The summed E-state index contributed by atoms with van der Waals surface area (Å²) < 4.78 is 0. The van der Waals surface area contributed by atoms with Gasteiger partial charge in [0.25, 0.3) is 0 Å². The number of carbonyl (C=O) groups is 2. The molecule has 1 amide bonds. The molecule has 2 rings (SSSR count). The average molecular weight is 254 g/mol. The van der Waals surface area contributed by atoms with Crippen LogP contribution >= 0.6 is 0 Å². The number of amides is 1. The van der Waals surface area contributed by atoms with Crippen LogP contribution in [0.1, 0.15) is 26.7 Å². The SMILES string of the molecule is CN1CCC(NC(=O)[C@H]2[C@@H](C(=O)O)C2(C)C)CC1. The topological polar surface area (TPSA) is 69.6 Å². The zero-order valence-electron chi connectivity index (χ0n) is 11.3. The molecule has 2 N–H and O–H groups in total. The fourth-order valence-electron chi connectivity index (χ4n) is 3.03. The molecular weight excluding hydrogens is 232 g/mol. The number of carbonyl (C=O) groups excluding carboxylic acids is 1. The van der Waals surface area contributed by atoms with Crippen LogP contribution in [0.2, 0.25) is 0 Å². The van der Waals surface area contributed by atoms with E-state index in [4.69, 9.17) is 5.11 Å². The molecule has 1 heterocycles. The Morgan fingerprint density at radius 1 is 1.22 bits per heavy atom. The molecule has 2 aliphatic rings. The fraction of sp³-hybridized carbons (Fsp3) is 0.846. The lowest BCUT2D eigenvalue weighted by molar-refractivity contribution is -0.140. The van der Waals surface area contributed by atoms with Crippen molar-refractivity contribution in [2.45, 2.75) is 32.7 Å². The van der Waals surface area contributed by atoms with Crippen LogP contribution in [-0.4, -0.2) is 48.1 Å². The van der Waals surface area contributed by atoms with Crippen molar-refractivity contribution in [3.05, 3.63) is 0 Å². The molecule has 2 atom stereocenters. The number of piperidine rings is 1. The first-order valence-corrected chi connectivity index (χ1v) is 6.55. The number of carboxylic acid groups (broad SMARTS) is 1. The average Bonchev–Trinajstić information content (AvgIpc) is 2.85. The molecule has 1 aliphatic heterocycles. The minimum absolute atomic E-state index is 0.0815. The van der Waals surface area contributed by atoms with Crippen molar-refractivity contribution in [1.82, 2.24) is 10.2 Å². The predicted molar refractivity (Wildman–Crippen MR) is 67.1 cm³/mol. The van der Waals surface area contributed by atoms with E-state index in [2.05, 4.69) is 17.3 Å². The number of likely N-dealkylation sites (tertiary alicyclic amines) is 1. The highest BCUT2D eigenvalue weighted by Crippen LogP contribution is 2.58. The molecule has 2 fully saturated rings. The first-order valence-electron chi connectivity index (χ1n) is 6.55. The van der Waals surface area contributed by atoms with Crippen molar-refractivity contribution in [2.24, 2.45) is 17.3 Å². The lowest BCUT2D eigenvalue weighted by atomic mass is 10.0. The summed E-state index contributed by atoms with van der Waals surface area (Å²) in [6, 6.07) is 0.208. The van der Waals surface area contributed by atoms with E-state index in [1.165, 1.54) is 0 Å². The number of hydrogen-bond acceptors (Lipinski definition) is 3. The van der Waals surface area contributed by atoms with Crippen molar-refractivity contribution in [1.29, 1.82) is 0 Å². The Hall–Kier alpha value is -1.10. The lowest BCUT2D eigenvalue weighted by Crippen LogP contribution is -2.44. The van der Waals surface area contributed by atoms with Gasteiger partial charge in [-0.25, -0.2) is 0 Å². The number of carboxylic acids is 1. The number of nitrogens with zero attached hydrogens (tertiary/aromatic N) is 1. The molecule has 0 radical (unpaired) electrons. The Morgan fingerprint density at radius 3 is 2.22 bits per heavy atom. The third-order valence-corrected chi connectivity index (χ3v) is 4.44. The van der Waals surface area contributed by atoms with Gasteiger partial charge < -0.3 is 15.3 Å². The third kappa shape index (κ3) is 2.36. The lowest BCUT2D eigenvalue weighted by Gasteiger charge is -2.29. The number of aliphatic carboxylic acids is 1. The minimum atomic E-state index is -0.858. The first kappa shape index (κ1) is 13.3. The molecular formula is C13H22N2O3. The second-order valence-electron chi connectivity index (χ2n) is 6.20. The largest absolute Gasteiger partial charge is 0.481 e. The van der Waals surface area contributed by atoms with Crippen molar-refractivity contribution in [3.8, 4) is 0 Å². The van der Waals surface area contributed by atoms with Gasteiger partial charge in [0, 0.05) is 6.04 Å². The second-order valence-corrected chi connectivity index (χ2v) is 6.20. The number of rotatable bonds is 3. The van der Waals surface area contributed by atoms with Gasteiger partial charge in [-0.05, 0) is 38.4 Å². The molecule has 0 bridgehead atoms. The van der Waals surface area contributed by atoms with Gasteiger partial charge in [0.2, 0.25) is 5.91 Å². The van der Waals surface area contributed by atoms with Crippen LogP contribution in [0.3, 0.4) is 0 Å². The molecule has 5 heteroatoms. The highest BCUT2D eigenvalue weighted by atomic mass is 16.4. The predicted octanol–water partition coefficient (Wildman–Crippen LogP) is 0.554. The fourth-order valence-corrected chi connectivity index (χ4v) is 3.03. The molecule has 5 nitrogen and oxygen atoms in total. The highest BCUT2D eigenvalue weighted by Gasteiger charge is 2.65. The normalized spacial score (nSPS) is 31.9. The zero-order chi connectivity index (χ0) is 13.5. The van der Waals surface area contributed by atoms with E-state index >= 15 is 0 Å². The zero-order valence-corrected chi connectivity index (χ0v) is 11.3. The molecule has 18 heavy (non-hydrogen) atoms. The van der Waals surface area contributed by atoms with E-state index in [0.717, 1.165) is 25.9 Å². The summed E-state index contributed by atoms with van der Waals surface area (Å²) in [5, 5.41) is 12.1. The molecule has 1 saturated carbocycles. The van der Waals surface area contributed by atoms with E-state index in [0.29, 0.717) is 0 Å². The van der Waals surface area contributed by atoms with Crippen molar-refractivity contribution >= 4 is 11.9 Å². The van der Waals surface area contributed by atoms with Crippen LogP contribution in [0.4, 0.5) is 0 Å². The Labute approximate surface area is 108 Å². The van der Waals surface area contributed by atoms with Gasteiger partial charge in [0.05, 0.1) is 11.8 Å². The van der Waals surface area contributed by atoms with Gasteiger partial charge in [0.1, 0.15) is 0 Å². The Kier molecular flexibility index (Phi) is 3.36. The minimum Gasteiger partial charge on any atom is -0.481 e. The molecule has 0 aromatic carbocycles. The summed E-state index contributed by atoms with van der Waals surface area (Å²) in [5.41, 5.74) is -0.401. The van der Waals surface area contributed by atoms with E-state index in [1.54, 1.807) is 0 Å². The van der Waals surface area contributed by atoms with Crippen molar-refractivity contribution in [3.63, 3.8) is 0 Å². The summed E-state index contributed by atoms with van der Waals surface area (Å²) in [7, 11) is 2.07. The van der Waals surface area contributed by atoms with Crippen LogP contribution in [0.15, 0.2) is 0 Å². The Morgan fingerprint density at radius 2 is 1.78 bits per heavy atom. The maximum atomic E-state index is 12.1. The summed E-state index contributed by atoms with van der Waals surface area (Å²) >= 11 is 0. The molecule has 102 valence electrons. The monoisotopic (exact) mass is 254 g/mol. The van der Waals surface area contributed by atoms with Gasteiger partial charge in [-0.3, -0.25) is 9.59 Å². The van der Waals surface area contributed by atoms with Crippen LogP contribution < -0.4 is 5.32 Å². The van der Waals surface area contributed by atoms with E-state index in [1.807, 2.05) is 13.8 Å². The third-order valence-electron chi connectivity index (χ3n) is 4.44. The number of hydrogen-bond donors (Lipinski definition) is 2. The Balaban J connectivity index is 1.88. The second kappa shape index (κ2) is 4.53. The van der Waals surface area contributed by atoms with Crippen molar-refractivity contribution < 1.29 is 14.7 Å². The standard InChI is InChI=1S/C13H22N2O3/c1-13(2)9(10(13)12(17)18)11(16)14-8-4-6-15(3)7-5-8/h8-10H,4-7H2,1-3H3,(H,14,16)(H,17,18)/t9-,10+/m1/s1. The first-order chi connectivity index (χ1) is 8.34. The van der Waals surface area contributed by atoms with Gasteiger partial charge in [-0.2, -0.15) is 0 Å². The molecule has 1 aliphatic carbocycles. The molecule has 1 saturated heterocycles. The van der Waals surface area contributed by atoms with Crippen LogP contribution in [0.25, 0.3) is 0 Å². The van der Waals surface area contributed by atoms with Crippen LogP contribution in [0.5, 0.6) is 0 Å². The van der Waals surface area contributed by atoms with Crippen LogP contribution in [-0.2, 0) is 9.59 Å². The maximum absolute atomic E-state index is 12.1. The van der Waals surface area contributed by atoms with Gasteiger partial charge >= 0.3 is 5.97 Å². The van der Waals surface area contributed by atoms with Crippen molar-refractivity contribution in [2.75, 3.05) is 20.1 Å². The maximum Gasteiger partial charge on any atom is 0.307 e. The van der Waals surface area contributed by atoms with E-state index in [9.17, 15) is 9.59 Å². The molecule has 0 unspecified atom stereocenters. The van der Waals surface area contributed by atoms with Gasteiger partial charge in [-0.15, -0.1) is 0 Å². The van der Waals surface area contributed by atoms with Gasteiger partial charge in [0.15, 0.2) is 0 Å². The highest BCUT2D eigenvalue weighted by molar-refractivity contribution is 5.91. The molecule has 0 aromatic heterocycles. The van der Waals surface area contributed by atoms with E-state index < -0.39 is 17.3 Å². The molecule has 0 spiro atoms. The summed E-state index contributed by atoms with van der Waals surface area (Å²) in [6.07, 6.45) is 1.90. The quantitative estimate of drug-likeness (QED) is 0.772. The summed E-state index contributed by atoms with van der Waals surface area (Å²) in [6.45, 7) is 5.68. The van der Waals surface area contributed by atoms with Crippen LogP contribution in [0, 0.1) is 17.3 Å². The van der Waals surface area contributed by atoms with Gasteiger partial charge in [-0.1, -0.05) is 13.8 Å².